The van der Waals surface area contributed by atoms with E-state index in [1.807, 2.05) is 6.92 Å². The Morgan fingerprint density at radius 2 is 2.18 bits per heavy atom. The van der Waals surface area contributed by atoms with Gasteiger partial charge in [0.15, 0.2) is 5.78 Å². The predicted molar refractivity (Wildman–Crippen MR) is 48.4 cm³/mol. The van der Waals surface area contributed by atoms with E-state index in [1.54, 1.807) is 0 Å². The van der Waals surface area contributed by atoms with E-state index in [1.165, 1.54) is 6.08 Å². The molecule has 0 saturated heterocycles. The van der Waals surface area contributed by atoms with Crippen molar-refractivity contribution >= 4 is 5.78 Å². The highest BCUT2D eigenvalue weighted by molar-refractivity contribution is 5.88. The first-order valence-electron chi connectivity index (χ1n) is 3.88. The zero-order valence-electron chi connectivity index (χ0n) is 7.39. The molecule has 0 bridgehead atoms. The van der Waals surface area contributed by atoms with Crippen LogP contribution in [0.5, 0.6) is 0 Å². The maximum absolute atomic E-state index is 10.8. The lowest BCUT2D eigenvalue weighted by atomic mass is 9.97. The van der Waals surface area contributed by atoms with Gasteiger partial charge in [0.25, 0.3) is 0 Å². The molecule has 0 aliphatic rings. The molecule has 0 spiro atoms. The summed E-state index contributed by atoms with van der Waals surface area (Å²) >= 11 is 0. The smallest absolute Gasteiger partial charge is 0.155 e. The quantitative estimate of drug-likeness (QED) is 0.437. The molecular formula is C10H16O. The molecular weight excluding hydrogens is 136 g/mol. The molecule has 1 atom stereocenters. The van der Waals surface area contributed by atoms with Gasteiger partial charge in [-0.1, -0.05) is 25.7 Å². The van der Waals surface area contributed by atoms with Gasteiger partial charge in [0.1, 0.15) is 0 Å². The van der Waals surface area contributed by atoms with Gasteiger partial charge in [-0.15, -0.1) is 0 Å². The number of hydrogen-bond acceptors (Lipinski definition) is 1. The van der Waals surface area contributed by atoms with Crippen molar-refractivity contribution < 1.29 is 4.79 Å². The predicted octanol–water partition coefficient (Wildman–Crippen LogP) is 2.73. The van der Waals surface area contributed by atoms with Crippen LogP contribution in [0.25, 0.3) is 0 Å². The maximum Gasteiger partial charge on any atom is 0.155 e. The highest BCUT2D eigenvalue weighted by atomic mass is 16.1. The number of ketones is 1. The second kappa shape index (κ2) is 4.89. The molecule has 0 aliphatic carbocycles. The second-order valence-electron chi connectivity index (χ2n) is 2.96. The SMILES string of the molecule is C=CC(=O)CC[C@@H](C)C(=C)C. The van der Waals surface area contributed by atoms with Gasteiger partial charge in [-0.05, 0) is 25.3 Å². The number of carbonyl (C=O) groups excluding carboxylic acids is 1. The van der Waals surface area contributed by atoms with E-state index in [0.29, 0.717) is 12.3 Å². The molecule has 0 aromatic rings. The van der Waals surface area contributed by atoms with Crippen molar-refractivity contribution in [3.8, 4) is 0 Å². The van der Waals surface area contributed by atoms with Crippen molar-refractivity contribution in [2.45, 2.75) is 26.7 Å². The van der Waals surface area contributed by atoms with Crippen molar-refractivity contribution in [1.82, 2.24) is 0 Å². The van der Waals surface area contributed by atoms with Crippen LogP contribution in [0.2, 0.25) is 0 Å². The minimum absolute atomic E-state index is 0.123. The first-order chi connectivity index (χ1) is 5.07. The normalized spacial score (nSPS) is 12.2. The lowest BCUT2D eigenvalue weighted by Crippen LogP contribution is -1.99. The van der Waals surface area contributed by atoms with Crippen LogP contribution in [0.15, 0.2) is 24.8 Å². The third kappa shape index (κ3) is 4.54. The molecule has 0 aromatic carbocycles. The molecule has 0 rings (SSSR count). The zero-order chi connectivity index (χ0) is 8.85. The zero-order valence-corrected chi connectivity index (χ0v) is 7.39. The molecule has 11 heavy (non-hydrogen) atoms. The fourth-order valence-corrected chi connectivity index (χ4v) is 0.707. The van der Waals surface area contributed by atoms with Gasteiger partial charge in [0.05, 0.1) is 0 Å². The highest BCUT2D eigenvalue weighted by Gasteiger charge is 2.03. The Morgan fingerprint density at radius 1 is 1.64 bits per heavy atom. The average Bonchev–Trinajstić information content (AvgIpc) is 1.99. The fourth-order valence-electron chi connectivity index (χ4n) is 0.707. The first kappa shape index (κ1) is 10.2. The Kier molecular flexibility index (Phi) is 4.51. The Morgan fingerprint density at radius 3 is 2.55 bits per heavy atom. The topological polar surface area (TPSA) is 17.1 Å². The van der Waals surface area contributed by atoms with Crippen LogP contribution in [0.3, 0.4) is 0 Å². The van der Waals surface area contributed by atoms with E-state index >= 15 is 0 Å². The third-order valence-electron chi connectivity index (χ3n) is 1.89. The van der Waals surface area contributed by atoms with Crippen molar-refractivity contribution in [2.24, 2.45) is 5.92 Å². The van der Waals surface area contributed by atoms with E-state index in [2.05, 4.69) is 20.1 Å². The third-order valence-corrected chi connectivity index (χ3v) is 1.89. The summed E-state index contributed by atoms with van der Waals surface area (Å²) in [6, 6.07) is 0. The van der Waals surface area contributed by atoms with E-state index in [9.17, 15) is 4.79 Å². The summed E-state index contributed by atoms with van der Waals surface area (Å²) < 4.78 is 0. The molecule has 0 N–H and O–H groups in total. The van der Waals surface area contributed by atoms with Crippen LogP contribution < -0.4 is 0 Å². The van der Waals surface area contributed by atoms with E-state index in [4.69, 9.17) is 0 Å². The lowest BCUT2D eigenvalue weighted by Gasteiger charge is -2.08. The minimum Gasteiger partial charge on any atom is -0.295 e. The number of hydrogen-bond donors (Lipinski definition) is 0. The number of carbonyl (C=O) groups is 1. The van der Waals surface area contributed by atoms with E-state index < -0.39 is 0 Å². The van der Waals surface area contributed by atoms with Gasteiger partial charge in [0, 0.05) is 6.42 Å². The van der Waals surface area contributed by atoms with Crippen LogP contribution >= 0.6 is 0 Å². The minimum atomic E-state index is 0.123. The summed E-state index contributed by atoms with van der Waals surface area (Å²) in [5.41, 5.74) is 1.14. The molecule has 0 aromatic heterocycles. The van der Waals surface area contributed by atoms with Crippen LogP contribution in [-0.4, -0.2) is 5.78 Å². The molecule has 0 fully saturated rings. The summed E-state index contributed by atoms with van der Waals surface area (Å²) in [6.07, 6.45) is 2.86. The monoisotopic (exact) mass is 152 g/mol. The Hall–Kier alpha value is -0.850. The Balaban J connectivity index is 3.62. The largest absolute Gasteiger partial charge is 0.295 e. The van der Waals surface area contributed by atoms with Gasteiger partial charge in [-0.3, -0.25) is 4.79 Å². The van der Waals surface area contributed by atoms with Crippen LogP contribution in [0.4, 0.5) is 0 Å². The molecule has 0 saturated carbocycles. The van der Waals surface area contributed by atoms with Crippen LogP contribution in [0.1, 0.15) is 26.7 Å². The molecule has 1 nitrogen and oxygen atoms in total. The molecule has 0 unspecified atom stereocenters. The van der Waals surface area contributed by atoms with Gasteiger partial charge in [-0.25, -0.2) is 0 Å². The highest BCUT2D eigenvalue weighted by Crippen LogP contribution is 2.13. The maximum atomic E-state index is 10.8. The van der Waals surface area contributed by atoms with E-state index in [0.717, 1.165) is 12.0 Å². The number of allylic oxidation sites excluding steroid dienone is 2. The van der Waals surface area contributed by atoms with Crippen molar-refractivity contribution in [3.63, 3.8) is 0 Å². The molecule has 1 heteroatoms. The fraction of sp³-hybridized carbons (Fsp3) is 0.500. The summed E-state index contributed by atoms with van der Waals surface area (Å²) in [6.45, 7) is 11.3. The molecule has 0 amide bonds. The molecule has 0 heterocycles. The van der Waals surface area contributed by atoms with Crippen LogP contribution in [-0.2, 0) is 4.79 Å². The van der Waals surface area contributed by atoms with Gasteiger partial charge < -0.3 is 0 Å². The lowest BCUT2D eigenvalue weighted by molar-refractivity contribution is -0.114. The van der Waals surface area contributed by atoms with E-state index in [-0.39, 0.29) is 5.78 Å². The standard InChI is InChI=1S/C10H16O/c1-5-10(11)7-6-9(4)8(2)3/h5,9H,1-2,6-7H2,3-4H3/t9-/m1/s1. The second-order valence-corrected chi connectivity index (χ2v) is 2.96. The average molecular weight is 152 g/mol. The van der Waals surface area contributed by atoms with Gasteiger partial charge in [0.2, 0.25) is 0 Å². The van der Waals surface area contributed by atoms with Crippen molar-refractivity contribution in [3.05, 3.63) is 24.8 Å². The summed E-state index contributed by atoms with van der Waals surface area (Å²) in [5, 5.41) is 0. The number of rotatable bonds is 5. The molecule has 0 aliphatic heterocycles. The van der Waals surface area contributed by atoms with Crippen molar-refractivity contribution in [1.29, 1.82) is 0 Å². The van der Waals surface area contributed by atoms with Gasteiger partial charge >= 0.3 is 0 Å². The molecule has 0 radical (unpaired) electrons. The van der Waals surface area contributed by atoms with Gasteiger partial charge in [-0.2, -0.15) is 0 Å². The summed E-state index contributed by atoms with van der Waals surface area (Å²) in [7, 11) is 0. The Bertz CT molecular complexity index is 168. The molecule has 62 valence electrons. The van der Waals surface area contributed by atoms with Crippen molar-refractivity contribution in [2.75, 3.05) is 0 Å². The Labute approximate surface area is 68.8 Å². The summed E-state index contributed by atoms with van der Waals surface area (Å²) in [5.74, 6) is 0.567. The first-order valence-corrected chi connectivity index (χ1v) is 3.88. The summed E-state index contributed by atoms with van der Waals surface area (Å²) in [4.78, 5) is 10.8. The van der Waals surface area contributed by atoms with Crippen LogP contribution in [0, 0.1) is 5.92 Å².